The summed E-state index contributed by atoms with van der Waals surface area (Å²) in [7, 11) is 0. The Kier molecular flexibility index (Phi) is 5.42. The molecule has 33 heavy (non-hydrogen) atoms. The van der Waals surface area contributed by atoms with Crippen LogP contribution in [-0.4, -0.2) is 37.6 Å². The molecule has 1 aliphatic rings. The SMILES string of the molecule is N#Cc1cc(-c2ccnc(Nc3cn[nH]c3)n2)cc2c1N(C(=O)Cc1cccnc1Cl)CC2. The summed E-state index contributed by atoms with van der Waals surface area (Å²) in [5.41, 5.74) is 4.85. The van der Waals surface area contributed by atoms with E-state index in [-0.39, 0.29) is 12.3 Å². The summed E-state index contributed by atoms with van der Waals surface area (Å²) < 4.78 is 0. The van der Waals surface area contributed by atoms with Crippen LogP contribution >= 0.6 is 11.6 Å². The van der Waals surface area contributed by atoms with Crippen molar-refractivity contribution >= 4 is 34.8 Å². The first-order valence-corrected chi connectivity index (χ1v) is 10.6. The first kappa shape index (κ1) is 20.6. The maximum atomic E-state index is 13.0. The Hall–Kier alpha value is -4.29. The molecule has 0 saturated heterocycles. The molecule has 5 rings (SSSR count). The average molecular weight is 457 g/mol. The highest BCUT2D eigenvalue weighted by molar-refractivity contribution is 6.30. The monoisotopic (exact) mass is 456 g/mol. The van der Waals surface area contributed by atoms with Gasteiger partial charge >= 0.3 is 0 Å². The third kappa shape index (κ3) is 4.12. The summed E-state index contributed by atoms with van der Waals surface area (Å²) in [6.45, 7) is 0.501. The number of nitrogens with one attached hydrogen (secondary N) is 2. The van der Waals surface area contributed by atoms with Gasteiger partial charge in [-0.2, -0.15) is 10.4 Å². The molecule has 0 unspecified atom stereocenters. The van der Waals surface area contributed by atoms with Crippen molar-refractivity contribution in [1.82, 2.24) is 25.1 Å². The minimum atomic E-state index is -0.124. The third-order valence-electron chi connectivity index (χ3n) is 5.37. The molecule has 0 atom stereocenters. The summed E-state index contributed by atoms with van der Waals surface area (Å²) >= 11 is 6.12. The largest absolute Gasteiger partial charge is 0.321 e. The zero-order valence-corrected chi connectivity index (χ0v) is 18.0. The molecule has 162 valence electrons. The highest BCUT2D eigenvalue weighted by Gasteiger charge is 2.29. The number of aromatic amines is 1. The normalized spacial score (nSPS) is 12.3. The van der Waals surface area contributed by atoms with Crippen LogP contribution in [0, 0.1) is 11.3 Å². The minimum Gasteiger partial charge on any atom is -0.321 e. The standard InChI is InChI=1S/C23H17ClN8O/c24-22-15(2-1-5-26-22)10-20(33)32-7-4-14-8-16(9-17(11-25)21(14)32)19-3-6-27-23(31-19)30-18-12-28-29-13-18/h1-3,5-6,8-9,12-13H,4,7,10H2,(H,28,29)(H,27,30,31). The number of anilines is 3. The molecule has 1 aliphatic heterocycles. The molecule has 0 aliphatic carbocycles. The summed E-state index contributed by atoms with van der Waals surface area (Å²) in [6, 6.07) is 11.3. The van der Waals surface area contributed by atoms with Crippen molar-refractivity contribution in [3.8, 4) is 17.3 Å². The second kappa shape index (κ2) is 8.68. The number of H-pyrrole nitrogens is 1. The van der Waals surface area contributed by atoms with Crippen LogP contribution in [-0.2, 0) is 17.6 Å². The van der Waals surface area contributed by atoms with Gasteiger partial charge in [0.1, 0.15) is 11.2 Å². The number of benzene rings is 1. The Morgan fingerprint density at radius 1 is 1.27 bits per heavy atom. The van der Waals surface area contributed by atoms with E-state index in [4.69, 9.17) is 11.6 Å². The number of nitrogens with zero attached hydrogens (tertiary/aromatic N) is 6. The molecule has 0 radical (unpaired) electrons. The lowest BCUT2D eigenvalue weighted by Crippen LogP contribution is -2.31. The van der Waals surface area contributed by atoms with Crippen molar-refractivity contribution in [3.05, 3.63) is 77.0 Å². The molecule has 0 bridgehead atoms. The van der Waals surface area contributed by atoms with Gasteiger partial charge in [0.25, 0.3) is 0 Å². The number of hydrogen-bond acceptors (Lipinski definition) is 7. The fraction of sp³-hybridized carbons (Fsp3) is 0.130. The first-order valence-electron chi connectivity index (χ1n) is 10.2. The zero-order chi connectivity index (χ0) is 22.8. The first-order chi connectivity index (χ1) is 16.1. The van der Waals surface area contributed by atoms with Gasteiger partial charge in [-0.1, -0.05) is 17.7 Å². The fourth-order valence-electron chi connectivity index (χ4n) is 3.87. The maximum Gasteiger partial charge on any atom is 0.231 e. The number of nitriles is 1. The Morgan fingerprint density at radius 3 is 2.97 bits per heavy atom. The number of carbonyl (C=O) groups is 1. The lowest BCUT2D eigenvalue weighted by Gasteiger charge is -2.19. The van der Waals surface area contributed by atoms with Crippen molar-refractivity contribution in [3.63, 3.8) is 0 Å². The molecular formula is C23H17ClN8O. The molecule has 4 heterocycles. The van der Waals surface area contributed by atoms with Gasteiger partial charge in [-0.15, -0.1) is 0 Å². The number of fused-ring (bicyclic) bond motifs is 1. The van der Waals surface area contributed by atoms with Crippen molar-refractivity contribution in [2.45, 2.75) is 12.8 Å². The quantitative estimate of drug-likeness (QED) is 0.439. The van der Waals surface area contributed by atoms with Gasteiger partial charge in [-0.05, 0) is 41.8 Å². The number of pyridine rings is 1. The van der Waals surface area contributed by atoms with E-state index in [9.17, 15) is 10.1 Å². The second-order valence-corrected chi connectivity index (χ2v) is 7.80. The highest BCUT2D eigenvalue weighted by Crippen LogP contribution is 2.36. The van der Waals surface area contributed by atoms with Gasteiger partial charge in [-0.25, -0.2) is 15.0 Å². The van der Waals surface area contributed by atoms with Crippen LogP contribution in [0.25, 0.3) is 11.3 Å². The molecule has 9 nitrogen and oxygen atoms in total. The molecule has 0 saturated carbocycles. The van der Waals surface area contributed by atoms with Crippen molar-refractivity contribution in [2.75, 3.05) is 16.8 Å². The highest BCUT2D eigenvalue weighted by atomic mass is 35.5. The molecule has 2 N–H and O–H groups in total. The number of amides is 1. The predicted molar refractivity (Wildman–Crippen MR) is 123 cm³/mol. The van der Waals surface area contributed by atoms with Gasteiger partial charge in [0.05, 0.1) is 35.2 Å². The number of aromatic nitrogens is 5. The van der Waals surface area contributed by atoms with E-state index in [0.717, 1.165) is 16.8 Å². The van der Waals surface area contributed by atoms with Crippen LogP contribution < -0.4 is 10.2 Å². The lowest BCUT2D eigenvalue weighted by atomic mass is 10.0. The minimum absolute atomic E-state index is 0.119. The van der Waals surface area contributed by atoms with Crippen LogP contribution in [0.15, 0.2) is 55.1 Å². The van der Waals surface area contributed by atoms with Crippen LogP contribution in [0.1, 0.15) is 16.7 Å². The van der Waals surface area contributed by atoms with E-state index in [2.05, 4.69) is 36.5 Å². The second-order valence-electron chi connectivity index (χ2n) is 7.45. The van der Waals surface area contributed by atoms with Crippen molar-refractivity contribution in [2.24, 2.45) is 0 Å². The summed E-state index contributed by atoms with van der Waals surface area (Å²) in [5, 5.41) is 19.9. The number of rotatable bonds is 5. The molecular weight excluding hydrogens is 440 g/mol. The van der Waals surface area contributed by atoms with E-state index in [0.29, 0.717) is 46.6 Å². The smallest absolute Gasteiger partial charge is 0.231 e. The predicted octanol–water partition coefficient (Wildman–Crippen LogP) is 3.66. The Balaban J connectivity index is 1.44. The van der Waals surface area contributed by atoms with E-state index in [1.165, 1.54) is 0 Å². The topological polar surface area (TPSA) is 123 Å². The van der Waals surface area contributed by atoms with Crippen LogP contribution in [0.3, 0.4) is 0 Å². The third-order valence-corrected chi connectivity index (χ3v) is 5.71. The van der Waals surface area contributed by atoms with Crippen LogP contribution in [0.5, 0.6) is 0 Å². The molecule has 1 aromatic carbocycles. The summed E-state index contributed by atoms with van der Waals surface area (Å²) in [6.07, 6.45) is 7.33. The summed E-state index contributed by atoms with van der Waals surface area (Å²) in [5.74, 6) is 0.291. The molecule has 1 amide bonds. The lowest BCUT2D eigenvalue weighted by molar-refractivity contribution is -0.117. The zero-order valence-electron chi connectivity index (χ0n) is 17.3. The van der Waals surface area contributed by atoms with Crippen LogP contribution in [0.4, 0.5) is 17.3 Å². The Morgan fingerprint density at radius 2 is 2.18 bits per heavy atom. The number of halogens is 1. The number of carbonyl (C=O) groups excluding carboxylic acids is 1. The van der Waals surface area contributed by atoms with Gasteiger partial charge < -0.3 is 10.2 Å². The van der Waals surface area contributed by atoms with Gasteiger partial charge in [0.2, 0.25) is 11.9 Å². The molecule has 0 spiro atoms. The Labute approximate surface area is 194 Å². The fourth-order valence-corrected chi connectivity index (χ4v) is 4.05. The van der Waals surface area contributed by atoms with Crippen molar-refractivity contribution < 1.29 is 4.79 Å². The Bertz CT molecular complexity index is 1380. The molecule has 10 heteroatoms. The van der Waals surface area contributed by atoms with Crippen LogP contribution in [0.2, 0.25) is 5.15 Å². The summed E-state index contributed by atoms with van der Waals surface area (Å²) in [4.78, 5) is 27.5. The van der Waals surface area contributed by atoms with E-state index >= 15 is 0 Å². The van der Waals surface area contributed by atoms with Gasteiger partial charge in [-0.3, -0.25) is 9.89 Å². The van der Waals surface area contributed by atoms with Crippen molar-refractivity contribution in [1.29, 1.82) is 5.26 Å². The molecule has 0 fully saturated rings. The van der Waals surface area contributed by atoms with Gasteiger partial charge in [0.15, 0.2) is 0 Å². The van der Waals surface area contributed by atoms with Gasteiger partial charge in [0, 0.05) is 30.7 Å². The number of hydrogen-bond donors (Lipinski definition) is 2. The molecule has 3 aromatic heterocycles. The maximum absolute atomic E-state index is 13.0. The van der Waals surface area contributed by atoms with E-state index < -0.39 is 0 Å². The van der Waals surface area contributed by atoms with E-state index in [1.54, 1.807) is 54.0 Å². The average Bonchev–Trinajstić information content (AvgIpc) is 3.50. The van der Waals surface area contributed by atoms with E-state index in [1.807, 2.05) is 6.07 Å². The molecule has 4 aromatic rings.